The third-order valence-electron chi connectivity index (χ3n) is 5.43. The predicted octanol–water partition coefficient (Wildman–Crippen LogP) is 3.64. The summed E-state index contributed by atoms with van der Waals surface area (Å²) in [5.74, 6) is 0.714. The maximum atomic E-state index is 12.5. The van der Waals surface area contributed by atoms with Crippen LogP contribution in [0.2, 0.25) is 0 Å². The normalized spacial score (nSPS) is 14.8. The molecule has 1 heterocycles. The number of rotatable bonds is 6. The SMILES string of the molecule is CCN1CCN(c2ccc(NC(=O)Cc3cc(C)ccc3OC)cc2C)CC1. The van der Waals surface area contributed by atoms with Crippen LogP contribution in [-0.4, -0.2) is 50.6 Å². The molecule has 5 nitrogen and oxygen atoms in total. The summed E-state index contributed by atoms with van der Waals surface area (Å²) in [5.41, 5.74) is 5.31. The van der Waals surface area contributed by atoms with Crippen LogP contribution in [0.1, 0.15) is 23.6 Å². The van der Waals surface area contributed by atoms with Crippen molar-refractivity contribution in [2.24, 2.45) is 0 Å². The van der Waals surface area contributed by atoms with Gasteiger partial charge in [0.15, 0.2) is 0 Å². The highest BCUT2D eigenvalue weighted by molar-refractivity contribution is 5.93. The van der Waals surface area contributed by atoms with E-state index < -0.39 is 0 Å². The lowest BCUT2D eigenvalue weighted by Crippen LogP contribution is -2.46. The monoisotopic (exact) mass is 381 g/mol. The van der Waals surface area contributed by atoms with E-state index in [-0.39, 0.29) is 5.91 Å². The molecule has 0 unspecified atom stereocenters. The van der Waals surface area contributed by atoms with E-state index in [4.69, 9.17) is 4.74 Å². The summed E-state index contributed by atoms with van der Waals surface area (Å²) in [6.45, 7) is 11.8. The molecular formula is C23H31N3O2. The Labute approximate surface area is 168 Å². The molecule has 0 spiro atoms. The average molecular weight is 382 g/mol. The van der Waals surface area contributed by atoms with Gasteiger partial charge in [0.05, 0.1) is 13.5 Å². The number of nitrogens with zero attached hydrogens (tertiary/aromatic N) is 2. The molecule has 28 heavy (non-hydrogen) atoms. The molecule has 1 saturated heterocycles. The third kappa shape index (κ3) is 4.84. The zero-order chi connectivity index (χ0) is 20.1. The molecule has 1 aliphatic heterocycles. The van der Waals surface area contributed by atoms with Gasteiger partial charge < -0.3 is 19.9 Å². The van der Waals surface area contributed by atoms with E-state index in [0.29, 0.717) is 6.42 Å². The first-order valence-corrected chi connectivity index (χ1v) is 10.0. The van der Waals surface area contributed by atoms with Gasteiger partial charge in [0.25, 0.3) is 0 Å². The zero-order valence-electron chi connectivity index (χ0n) is 17.4. The van der Waals surface area contributed by atoms with E-state index >= 15 is 0 Å². The first-order valence-electron chi connectivity index (χ1n) is 10.0. The molecule has 1 amide bonds. The molecule has 0 radical (unpaired) electrons. The van der Waals surface area contributed by atoms with E-state index in [9.17, 15) is 4.79 Å². The fraction of sp³-hybridized carbons (Fsp3) is 0.435. The largest absolute Gasteiger partial charge is 0.496 e. The topological polar surface area (TPSA) is 44.8 Å². The highest BCUT2D eigenvalue weighted by Gasteiger charge is 2.17. The Morgan fingerprint density at radius 2 is 1.82 bits per heavy atom. The molecule has 2 aromatic rings. The highest BCUT2D eigenvalue weighted by Crippen LogP contribution is 2.25. The molecule has 3 rings (SSSR count). The molecule has 0 bridgehead atoms. The Balaban J connectivity index is 1.64. The first-order chi connectivity index (χ1) is 13.5. The van der Waals surface area contributed by atoms with Crippen molar-refractivity contribution in [2.45, 2.75) is 27.2 Å². The number of aryl methyl sites for hydroxylation is 2. The lowest BCUT2D eigenvalue weighted by Gasteiger charge is -2.36. The quantitative estimate of drug-likeness (QED) is 0.830. The van der Waals surface area contributed by atoms with E-state index in [2.05, 4.69) is 41.1 Å². The van der Waals surface area contributed by atoms with Crippen molar-refractivity contribution >= 4 is 17.3 Å². The molecule has 0 aliphatic carbocycles. The molecule has 1 N–H and O–H groups in total. The predicted molar refractivity (Wildman–Crippen MR) is 116 cm³/mol. The fourth-order valence-corrected chi connectivity index (χ4v) is 3.82. The van der Waals surface area contributed by atoms with Gasteiger partial charge in [-0.15, -0.1) is 0 Å². The van der Waals surface area contributed by atoms with Gasteiger partial charge in [-0.05, 0) is 50.2 Å². The maximum Gasteiger partial charge on any atom is 0.228 e. The molecule has 0 atom stereocenters. The second-order valence-corrected chi connectivity index (χ2v) is 7.46. The van der Waals surface area contributed by atoms with Gasteiger partial charge >= 0.3 is 0 Å². The number of hydrogen-bond acceptors (Lipinski definition) is 4. The number of piperazine rings is 1. The Morgan fingerprint density at radius 1 is 1.07 bits per heavy atom. The minimum absolute atomic E-state index is 0.0346. The van der Waals surface area contributed by atoms with Crippen LogP contribution < -0.4 is 15.0 Å². The number of ether oxygens (including phenoxy) is 1. The van der Waals surface area contributed by atoms with Crippen LogP contribution in [0.25, 0.3) is 0 Å². The molecule has 150 valence electrons. The van der Waals surface area contributed by atoms with Gasteiger partial charge in [-0.2, -0.15) is 0 Å². The standard InChI is InChI=1S/C23H31N3O2/c1-5-25-10-12-26(13-11-25)21-8-7-20(15-18(21)3)24-23(27)16-19-14-17(2)6-9-22(19)28-4/h6-9,14-15H,5,10-13,16H2,1-4H3,(H,24,27). The lowest BCUT2D eigenvalue weighted by atomic mass is 10.1. The summed E-state index contributed by atoms with van der Waals surface area (Å²) in [6, 6.07) is 12.1. The summed E-state index contributed by atoms with van der Waals surface area (Å²) in [5, 5.41) is 3.03. The number of carbonyl (C=O) groups is 1. The number of amides is 1. The van der Waals surface area contributed by atoms with Crippen molar-refractivity contribution < 1.29 is 9.53 Å². The van der Waals surface area contributed by atoms with Crippen LogP contribution in [0.3, 0.4) is 0 Å². The van der Waals surface area contributed by atoms with Crippen LogP contribution in [0, 0.1) is 13.8 Å². The van der Waals surface area contributed by atoms with Crippen LogP contribution in [0.15, 0.2) is 36.4 Å². The van der Waals surface area contributed by atoms with Crippen molar-refractivity contribution in [3.8, 4) is 5.75 Å². The Hall–Kier alpha value is -2.53. The molecule has 1 fully saturated rings. The van der Waals surface area contributed by atoms with Gasteiger partial charge in [0.2, 0.25) is 5.91 Å². The number of carbonyl (C=O) groups excluding carboxylic acids is 1. The van der Waals surface area contributed by atoms with Gasteiger partial charge in [-0.1, -0.05) is 24.6 Å². The Bertz CT molecular complexity index is 827. The zero-order valence-corrected chi connectivity index (χ0v) is 17.4. The van der Waals surface area contributed by atoms with Crippen LogP contribution in [0.4, 0.5) is 11.4 Å². The molecule has 1 aliphatic rings. The number of likely N-dealkylation sites (N-methyl/N-ethyl adjacent to an activating group) is 1. The van der Waals surface area contributed by atoms with Crippen molar-refractivity contribution in [3.05, 3.63) is 53.1 Å². The van der Waals surface area contributed by atoms with Crippen LogP contribution in [0.5, 0.6) is 5.75 Å². The Morgan fingerprint density at radius 3 is 2.46 bits per heavy atom. The Kier molecular flexibility index (Phi) is 6.57. The summed E-state index contributed by atoms with van der Waals surface area (Å²) in [7, 11) is 1.63. The van der Waals surface area contributed by atoms with E-state index in [0.717, 1.165) is 55.3 Å². The van der Waals surface area contributed by atoms with E-state index in [1.54, 1.807) is 7.11 Å². The molecule has 0 aromatic heterocycles. The third-order valence-corrected chi connectivity index (χ3v) is 5.43. The summed E-state index contributed by atoms with van der Waals surface area (Å²) < 4.78 is 5.38. The summed E-state index contributed by atoms with van der Waals surface area (Å²) in [6.07, 6.45) is 0.296. The molecular weight excluding hydrogens is 350 g/mol. The van der Waals surface area contributed by atoms with Crippen molar-refractivity contribution in [1.29, 1.82) is 0 Å². The fourth-order valence-electron chi connectivity index (χ4n) is 3.82. The van der Waals surface area contributed by atoms with Crippen molar-refractivity contribution in [3.63, 3.8) is 0 Å². The molecule has 0 saturated carbocycles. The number of benzene rings is 2. The van der Waals surface area contributed by atoms with Gasteiger partial charge in [0, 0.05) is 43.1 Å². The second kappa shape index (κ2) is 9.11. The minimum Gasteiger partial charge on any atom is -0.496 e. The van der Waals surface area contributed by atoms with Crippen LogP contribution >= 0.6 is 0 Å². The number of methoxy groups -OCH3 is 1. The first kappa shape index (κ1) is 20.2. The minimum atomic E-state index is -0.0346. The maximum absolute atomic E-state index is 12.5. The second-order valence-electron chi connectivity index (χ2n) is 7.46. The van der Waals surface area contributed by atoms with E-state index in [1.807, 2.05) is 31.2 Å². The smallest absolute Gasteiger partial charge is 0.228 e. The molecule has 2 aromatic carbocycles. The molecule has 5 heteroatoms. The summed E-state index contributed by atoms with van der Waals surface area (Å²) >= 11 is 0. The lowest BCUT2D eigenvalue weighted by molar-refractivity contribution is -0.115. The number of hydrogen-bond donors (Lipinski definition) is 1. The highest BCUT2D eigenvalue weighted by atomic mass is 16.5. The number of nitrogens with one attached hydrogen (secondary N) is 1. The van der Waals surface area contributed by atoms with Gasteiger partial charge in [0.1, 0.15) is 5.75 Å². The van der Waals surface area contributed by atoms with Crippen molar-refractivity contribution in [1.82, 2.24) is 4.90 Å². The van der Waals surface area contributed by atoms with Gasteiger partial charge in [-0.25, -0.2) is 0 Å². The summed E-state index contributed by atoms with van der Waals surface area (Å²) in [4.78, 5) is 17.5. The average Bonchev–Trinajstić information content (AvgIpc) is 2.68. The van der Waals surface area contributed by atoms with E-state index in [1.165, 1.54) is 11.3 Å². The van der Waals surface area contributed by atoms with Gasteiger partial charge in [-0.3, -0.25) is 4.79 Å². The number of anilines is 2. The van der Waals surface area contributed by atoms with Crippen molar-refractivity contribution in [2.75, 3.05) is 50.1 Å². The van der Waals surface area contributed by atoms with Crippen LogP contribution in [-0.2, 0) is 11.2 Å².